The van der Waals surface area contributed by atoms with Crippen LogP contribution in [-0.4, -0.2) is 62.2 Å². The van der Waals surface area contributed by atoms with Crippen molar-refractivity contribution < 1.29 is 20.1 Å². The number of nitrogens with zero attached hydrogens (tertiary/aromatic N) is 9. The highest BCUT2D eigenvalue weighted by atomic mass is 32.1. The molecule has 0 aliphatic heterocycles. The second kappa shape index (κ2) is 13.6. The van der Waals surface area contributed by atoms with Crippen LogP contribution >= 0.6 is 34.9 Å². The van der Waals surface area contributed by atoms with Crippen molar-refractivity contribution in [2.45, 2.75) is 0 Å². The van der Waals surface area contributed by atoms with Gasteiger partial charge >= 0.3 is 10.0 Å². The van der Waals surface area contributed by atoms with Crippen molar-refractivity contribution in [2.75, 3.05) is 0 Å². The highest BCUT2D eigenvalue weighted by Gasteiger charge is 2.11. The summed E-state index contributed by atoms with van der Waals surface area (Å²) >= 11 is 7.18. The number of rotatable bonds is 8. The van der Waals surface area contributed by atoms with Crippen LogP contribution in [0.2, 0.25) is 0 Å². The molecule has 2 aromatic carbocycles. The Hall–Kier alpha value is -5.92. The maximum Gasteiger partial charge on any atom is 0.324 e. The number of hydrogen-bond acceptors (Lipinski definition) is 14. The van der Waals surface area contributed by atoms with Crippen LogP contribution in [-0.2, 0) is 0 Å². The van der Waals surface area contributed by atoms with Gasteiger partial charge in [0.2, 0.25) is 4.77 Å². The monoisotopic (exact) mass is 662 g/mol. The SMILES string of the molecule is O=[N+]([O-])c1ccc(/C=N\n2c(-c3ccc(O)cc3)n[nH]c2=S)s1.O=[N+]([O-])c1ccc(/C=N\n2cnnc2-c2ccc(O)cc2)s1. The van der Waals surface area contributed by atoms with E-state index in [-0.39, 0.29) is 26.3 Å². The predicted molar refractivity (Wildman–Crippen MR) is 170 cm³/mol. The largest absolute Gasteiger partial charge is 0.508 e. The Balaban J connectivity index is 0.000000178. The zero-order valence-corrected chi connectivity index (χ0v) is 24.9. The second-order valence-electron chi connectivity index (χ2n) is 8.61. The van der Waals surface area contributed by atoms with E-state index in [1.165, 1.54) is 52.4 Å². The van der Waals surface area contributed by atoms with Crippen LogP contribution in [0.5, 0.6) is 11.5 Å². The van der Waals surface area contributed by atoms with Gasteiger partial charge < -0.3 is 10.2 Å². The molecule has 0 spiro atoms. The minimum Gasteiger partial charge on any atom is -0.508 e. The van der Waals surface area contributed by atoms with Crippen molar-refractivity contribution in [3.63, 3.8) is 0 Å². The van der Waals surface area contributed by atoms with Crippen molar-refractivity contribution >= 4 is 57.3 Å². The van der Waals surface area contributed by atoms with Crippen molar-refractivity contribution in [1.29, 1.82) is 0 Å². The lowest BCUT2D eigenvalue weighted by atomic mass is 10.2. The normalized spacial score (nSPS) is 11.1. The molecule has 0 fully saturated rings. The Kier molecular flexibility index (Phi) is 9.22. The third kappa shape index (κ3) is 7.54. The van der Waals surface area contributed by atoms with Crippen molar-refractivity contribution in [3.05, 3.63) is 114 Å². The number of aromatic nitrogens is 6. The molecule has 0 amide bonds. The lowest BCUT2D eigenvalue weighted by molar-refractivity contribution is -0.380. The number of aromatic amines is 1. The molecule has 0 aliphatic carbocycles. The molecule has 0 saturated heterocycles. The molecule has 6 aromatic rings. The molecule has 0 radical (unpaired) electrons. The van der Waals surface area contributed by atoms with Crippen LogP contribution in [0.15, 0.2) is 89.3 Å². The number of phenolic OH excluding ortho intramolecular Hbond substituents is 2. The summed E-state index contributed by atoms with van der Waals surface area (Å²) < 4.78 is 3.15. The first kappa shape index (κ1) is 30.5. The zero-order chi connectivity index (χ0) is 31.9. The fraction of sp³-hybridized carbons (Fsp3) is 0. The third-order valence-corrected chi connectivity index (χ3v) is 7.83. The standard InChI is InChI=1S/C13H9N5O3S2.C13H9N5O3S/c19-9-3-1-8(2-4-9)12-15-16-13(22)17(12)14-7-10-5-6-11(23-10)18(20)21;19-10-3-1-9(2-4-10)13-16-14-8-17(13)15-7-11-5-6-12(22-11)18(20)21/h1-7,19H,(H,16,22);1-8,19H/b14-7-;15-7-. The van der Waals surface area contributed by atoms with E-state index in [1.54, 1.807) is 48.5 Å². The molecule has 0 saturated carbocycles. The predicted octanol–water partition coefficient (Wildman–Crippen LogP) is 5.67. The molecule has 6 rings (SSSR count). The second-order valence-corrected chi connectivity index (χ2v) is 11.2. The summed E-state index contributed by atoms with van der Waals surface area (Å²) in [6, 6.07) is 19.0. The van der Waals surface area contributed by atoms with Crippen LogP contribution in [0.25, 0.3) is 22.8 Å². The van der Waals surface area contributed by atoms with Gasteiger partial charge in [-0.1, -0.05) is 22.7 Å². The van der Waals surface area contributed by atoms with Crippen LogP contribution in [0.4, 0.5) is 10.0 Å². The fourth-order valence-electron chi connectivity index (χ4n) is 3.56. The molecular formula is C26H18N10O6S3. The lowest BCUT2D eigenvalue weighted by Gasteiger charge is -2.00. The highest BCUT2D eigenvalue weighted by Crippen LogP contribution is 2.25. The maximum absolute atomic E-state index is 10.7. The average Bonchev–Trinajstić information content (AvgIpc) is 3.84. The van der Waals surface area contributed by atoms with Crippen LogP contribution in [0.1, 0.15) is 9.75 Å². The number of benzene rings is 2. The third-order valence-electron chi connectivity index (χ3n) is 5.63. The number of thiophene rings is 2. The quantitative estimate of drug-likeness (QED) is 0.0785. The van der Waals surface area contributed by atoms with Gasteiger partial charge in [0.15, 0.2) is 11.6 Å². The zero-order valence-electron chi connectivity index (χ0n) is 22.4. The Morgan fingerprint density at radius 3 is 1.80 bits per heavy atom. The topological polar surface area (TPSA) is 216 Å². The van der Waals surface area contributed by atoms with Crippen molar-refractivity contribution in [1.82, 2.24) is 29.7 Å². The molecule has 0 bridgehead atoms. The average molecular weight is 663 g/mol. The van der Waals surface area contributed by atoms with Crippen LogP contribution in [0.3, 0.4) is 0 Å². The van der Waals surface area contributed by atoms with E-state index in [2.05, 4.69) is 30.6 Å². The van der Waals surface area contributed by atoms with Gasteiger partial charge in [0.25, 0.3) is 0 Å². The van der Waals surface area contributed by atoms with Gasteiger partial charge in [0.05, 0.1) is 32.0 Å². The minimum absolute atomic E-state index is 0.0426. The molecular weight excluding hydrogens is 645 g/mol. The molecule has 0 unspecified atom stereocenters. The summed E-state index contributed by atoms with van der Waals surface area (Å²) in [5.74, 6) is 1.27. The van der Waals surface area contributed by atoms with Gasteiger partial charge in [-0.05, 0) is 72.9 Å². The first-order valence-corrected chi connectivity index (χ1v) is 14.5. The van der Waals surface area contributed by atoms with Gasteiger partial charge in [0, 0.05) is 23.3 Å². The Morgan fingerprint density at radius 1 is 0.778 bits per heavy atom. The number of nitrogens with one attached hydrogen (secondary N) is 1. The number of nitro groups is 2. The molecule has 3 N–H and O–H groups in total. The Bertz CT molecular complexity index is 2070. The number of phenols is 2. The maximum atomic E-state index is 10.7. The summed E-state index contributed by atoms with van der Waals surface area (Å²) in [5, 5.41) is 63.0. The van der Waals surface area contributed by atoms with E-state index < -0.39 is 9.85 Å². The first-order chi connectivity index (χ1) is 21.7. The van der Waals surface area contributed by atoms with Gasteiger partial charge in [-0.3, -0.25) is 20.2 Å². The number of aromatic hydroxyl groups is 2. The van der Waals surface area contributed by atoms with E-state index in [0.29, 0.717) is 27.0 Å². The van der Waals surface area contributed by atoms with Crippen LogP contribution < -0.4 is 0 Å². The molecule has 4 aromatic heterocycles. The number of H-pyrrole nitrogens is 1. The summed E-state index contributed by atoms with van der Waals surface area (Å²) in [4.78, 5) is 21.7. The lowest BCUT2D eigenvalue weighted by Crippen LogP contribution is -1.94. The van der Waals surface area contributed by atoms with Gasteiger partial charge in [-0.25, -0.2) is 5.10 Å². The molecule has 226 valence electrons. The molecule has 19 heteroatoms. The van der Waals surface area contributed by atoms with Gasteiger partial charge in [-0.2, -0.15) is 24.7 Å². The summed E-state index contributed by atoms with van der Waals surface area (Å²) in [5.41, 5.74) is 1.45. The van der Waals surface area contributed by atoms with E-state index in [9.17, 15) is 30.4 Å². The minimum atomic E-state index is -0.451. The van der Waals surface area contributed by atoms with Gasteiger partial charge in [-0.15, -0.1) is 10.2 Å². The van der Waals surface area contributed by atoms with E-state index in [1.807, 2.05) is 0 Å². The fourth-order valence-corrected chi connectivity index (χ4v) is 5.12. The van der Waals surface area contributed by atoms with E-state index in [0.717, 1.165) is 28.2 Å². The Morgan fingerprint density at radius 2 is 1.29 bits per heavy atom. The molecule has 4 heterocycles. The molecule has 16 nitrogen and oxygen atoms in total. The molecule has 0 atom stereocenters. The molecule has 45 heavy (non-hydrogen) atoms. The molecule has 0 aliphatic rings. The van der Waals surface area contributed by atoms with Crippen LogP contribution in [0, 0.1) is 25.0 Å². The Labute approximate surface area is 264 Å². The first-order valence-electron chi connectivity index (χ1n) is 12.4. The van der Waals surface area contributed by atoms with Crippen molar-refractivity contribution in [3.8, 4) is 34.3 Å². The summed E-state index contributed by atoms with van der Waals surface area (Å²) in [6.07, 6.45) is 4.42. The number of hydrogen-bond donors (Lipinski definition) is 3. The van der Waals surface area contributed by atoms with E-state index in [4.69, 9.17) is 12.2 Å². The summed E-state index contributed by atoms with van der Waals surface area (Å²) in [6.45, 7) is 0. The van der Waals surface area contributed by atoms with E-state index >= 15 is 0 Å². The smallest absolute Gasteiger partial charge is 0.324 e. The summed E-state index contributed by atoms with van der Waals surface area (Å²) in [7, 11) is 0. The van der Waals surface area contributed by atoms with Crippen molar-refractivity contribution in [2.24, 2.45) is 10.2 Å². The highest BCUT2D eigenvalue weighted by molar-refractivity contribution is 7.71. The van der Waals surface area contributed by atoms with Gasteiger partial charge in [0.1, 0.15) is 17.8 Å².